The fourth-order valence-corrected chi connectivity index (χ4v) is 1.66. The highest BCUT2D eigenvalue weighted by atomic mass is 14.6. The first-order chi connectivity index (χ1) is 6.33. The minimum Gasteiger partial charge on any atom is -0.198 e. The molecule has 0 saturated heterocycles. The van der Waals surface area contributed by atoms with Crippen molar-refractivity contribution in [1.82, 2.24) is 0 Å². The van der Waals surface area contributed by atoms with Crippen LogP contribution in [0.1, 0.15) is 12.0 Å². The monoisotopic (exact) mass is 168 g/mol. The van der Waals surface area contributed by atoms with Crippen LogP contribution in [0.2, 0.25) is 0 Å². The molecule has 0 heterocycles. The predicted molar refractivity (Wildman–Crippen MR) is 47.5 cm³/mol. The van der Waals surface area contributed by atoms with Crippen molar-refractivity contribution in [2.24, 2.45) is 5.92 Å². The van der Waals surface area contributed by atoms with Crippen molar-refractivity contribution in [3.05, 3.63) is 35.9 Å². The van der Waals surface area contributed by atoms with E-state index in [9.17, 15) is 0 Å². The van der Waals surface area contributed by atoms with Crippen molar-refractivity contribution >= 4 is 0 Å². The van der Waals surface area contributed by atoms with Gasteiger partial charge in [-0.05, 0) is 12.0 Å². The standard InChI is InChI=1S/C11H8N2/c12-7-10-6-11(10,8-13)9-4-2-1-3-5-9/h1-5,10H,6H2/t10-,11+/m1/s1. The smallest absolute Gasteiger partial charge is 0.0993 e. The van der Waals surface area contributed by atoms with E-state index in [0.29, 0.717) is 6.42 Å². The van der Waals surface area contributed by atoms with Crippen LogP contribution in [0.5, 0.6) is 0 Å². The van der Waals surface area contributed by atoms with Gasteiger partial charge in [0, 0.05) is 0 Å². The lowest BCUT2D eigenvalue weighted by Gasteiger charge is -2.04. The van der Waals surface area contributed by atoms with Crippen LogP contribution in [0.3, 0.4) is 0 Å². The van der Waals surface area contributed by atoms with Crippen LogP contribution in [0.25, 0.3) is 0 Å². The van der Waals surface area contributed by atoms with Crippen LogP contribution in [0.15, 0.2) is 30.3 Å². The topological polar surface area (TPSA) is 47.6 Å². The minimum absolute atomic E-state index is 0.111. The zero-order valence-electron chi connectivity index (χ0n) is 7.07. The molecule has 0 aromatic heterocycles. The van der Waals surface area contributed by atoms with E-state index in [1.54, 1.807) is 0 Å². The molecule has 2 atom stereocenters. The van der Waals surface area contributed by atoms with Crippen molar-refractivity contribution in [2.75, 3.05) is 0 Å². The van der Waals surface area contributed by atoms with E-state index in [-0.39, 0.29) is 5.92 Å². The van der Waals surface area contributed by atoms with Gasteiger partial charge in [0.15, 0.2) is 0 Å². The predicted octanol–water partition coefficient (Wildman–Crippen LogP) is 1.99. The normalized spacial score (nSPS) is 30.2. The maximum atomic E-state index is 9.01. The average molecular weight is 168 g/mol. The fourth-order valence-electron chi connectivity index (χ4n) is 1.66. The molecule has 0 aliphatic heterocycles. The second kappa shape index (κ2) is 2.61. The molecule has 2 nitrogen and oxygen atoms in total. The summed E-state index contributed by atoms with van der Waals surface area (Å²) in [5.74, 6) is -0.111. The first kappa shape index (κ1) is 7.83. The molecule has 1 aliphatic rings. The Hall–Kier alpha value is -1.80. The molecule has 0 spiro atoms. The van der Waals surface area contributed by atoms with Crippen molar-refractivity contribution in [3.63, 3.8) is 0 Å². The van der Waals surface area contributed by atoms with Crippen LogP contribution in [-0.2, 0) is 5.41 Å². The molecule has 62 valence electrons. The lowest BCUT2D eigenvalue weighted by Crippen LogP contribution is -2.05. The summed E-state index contributed by atoms with van der Waals surface area (Å²) in [7, 11) is 0. The van der Waals surface area contributed by atoms with Gasteiger partial charge in [-0.15, -0.1) is 0 Å². The lowest BCUT2D eigenvalue weighted by atomic mass is 9.95. The van der Waals surface area contributed by atoms with Crippen molar-refractivity contribution < 1.29 is 0 Å². The van der Waals surface area contributed by atoms with Crippen LogP contribution in [0, 0.1) is 28.6 Å². The van der Waals surface area contributed by atoms with Gasteiger partial charge in [0.05, 0.1) is 23.5 Å². The van der Waals surface area contributed by atoms with E-state index in [0.717, 1.165) is 5.56 Å². The lowest BCUT2D eigenvalue weighted by molar-refractivity contribution is 0.849. The van der Waals surface area contributed by atoms with Crippen LogP contribution < -0.4 is 0 Å². The highest BCUT2D eigenvalue weighted by Crippen LogP contribution is 2.53. The molecular formula is C11H8N2. The quantitative estimate of drug-likeness (QED) is 0.643. The maximum Gasteiger partial charge on any atom is 0.0993 e. The molecule has 1 fully saturated rings. The fraction of sp³-hybridized carbons (Fsp3) is 0.273. The minimum atomic E-state index is -0.504. The number of hydrogen-bond acceptors (Lipinski definition) is 2. The summed E-state index contributed by atoms with van der Waals surface area (Å²) in [6.07, 6.45) is 0.685. The maximum absolute atomic E-state index is 9.01. The molecule has 0 amide bonds. The zero-order chi connectivity index (χ0) is 9.31. The Balaban J connectivity index is 2.39. The van der Waals surface area contributed by atoms with Gasteiger partial charge in [0.25, 0.3) is 0 Å². The first-order valence-corrected chi connectivity index (χ1v) is 4.20. The van der Waals surface area contributed by atoms with E-state index in [2.05, 4.69) is 12.1 Å². The Morgan fingerprint density at radius 1 is 1.23 bits per heavy atom. The van der Waals surface area contributed by atoms with Gasteiger partial charge in [-0.3, -0.25) is 0 Å². The molecule has 1 aromatic rings. The van der Waals surface area contributed by atoms with Crippen molar-refractivity contribution in [3.8, 4) is 12.1 Å². The molecule has 0 unspecified atom stereocenters. The van der Waals surface area contributed by atoms with Crippen molar-refractivity contribution in [1.29, 1.82) is 10.5 Å². The largest absolute Gasteiger partial charge is 0.198 e. The van der Waals surface area contributed by atoms with E-state index in [4.69, 9.17) is 10.5 Å². The van der Waals surface area contributed by atoms with E-state index < -0.39 is 5.41 Å². The molecule has 2 rings (SSSR count). The Labute approximate surface area is 77.0 Å². The molecule has 13 heavy (non-hydrogen) atoms. The number of benzene rings is 1. The molecule has 0 radical (unpaired) electrons. The summed E-state index contributed by atoms with van der Waals surface area (Å²) in [5, 5.41) is 17.7. The summed E-state index contributed by atoms with van der Waals surface area (Å²) in [4.78, 5) is 0. The Morgan fingerprint density at radius 3 is 2.38 bits per heavy atom. The number of nitrogens with zero attached hydrogens (tertiary/aromatic N) is 2. The first-order valence-electron chi connectivity index (χ1n) is 4.20. The number of rotatable bonds is 1. The molecule has 1 saturated carbocycles. The van der Waals surface area contributed by atoms with Gasteiger partial charge in [-0.2, -0.15) is 10.5 Å². The second-order valence-corrected chi connectivity index (χ2v) is 3.33. The van der Waals surface area contributed by atoms with E-state index in [1.807, 2.05) is 30.3 Å². The molecule has 0 bridgehead atoms. The summed E-state index contributed by atoms with van der Waals surface area (Å²) in [6, 6.07) is 14.0. The van der Waals surface area contributed by atoms with Gasteiger partial charge in [-0.25, -0.2) is 0 Å². The van der Waals surface area contributed by atoms with Gasteiger partial charge in [0.1, 0.15) is 0 Å². The summed E-state index contributed by atoms with van der Waals surface area (Å²) >= 11 is 0. The summed E-state index contributed by atoms with van der Waals surface area (Å²) < 4.78 is 0. The van der Waals surface area contributed by atoms with Gasteiger partial charge >= 0.3 is 0 Å². The van der Waals surface area contributed by atoms with Crippen LogP contribution >= 0.6 is 0 Å². The van der Waals surface area contributed by atoms with Crippen molar-refractivity contribution in [2.45, 2.75) is 11.8 Å². The highest BCUT2D eigenvalue weighted by molar-refractivity contribution is 5.44. The highest BCUT2D eigenvalue weighted by Gasteiger charge is 2.56. The molecule has 1 aromatic carbocycles. The van der Waals surface area contributed by atoms with Crippen LogP contribution in [0.4, 0.5) is 0 Å². The summed E-state index contributed by atoms with van der Waals surface area (Å²) in [5.41, 5.74) is 0.472. The number of hydrogen-bond donors (Lipinski definition) is 0. The van der Waals surface area contributed by atoms with E-state index in [1.165, 1.54) is 0 Å². The Bertz CT molecular complexity index is 396. The Kier molecular flexibility index (Phi) is 1.57. The summed E-state index contributed by atoms with van der Waals surface area (Å²) in [6.45, 7) is 0. The number of nitriles is 2. The van der Waals surface area contributed by atoms with Gasteiger partial charge in [-0.1, -0.05) is 30.3 Å². The molecule has 1 aliphatic carbocycles. The van der Waals surface area contributed by atoms with Gasteiger partial charge in [0.2, 0.25) is 0 Å². The van der Waals surface area contributed by atoms with E-state index >= 15 is 0 Å². The zero-order valence-corrected chi connectivity index (χ0v) is 7.07. The molecular weight excluding hydrogens is 160 g/mol. The third-order valence-electron chi connectivity index (χ3n) is 2.61. The molecule has 0 N–H and O–H groups in total. The third kappa shape index (κ3) is 0.999. The SMILES string of the molecule is N#C[C@H]1C[C@]1(C#N)c1ccccc1. The Morgan fingerprint density at radius 2 is 1.92 bits per heavy atom. The second-order valence-electron chi connectivity index (χ2n) is 3.33. The van der Waals surface area contributed by atoms with Gasteiger partial charge < -0.3 is 0 Å². The third-order valence-corrected chi connectivity index (χ3v) is 2.61. The average Bonchev–Trinajstić information content (AvgIpc) is 2.94. The van der Waals surface area contributed by atoms with Crippen LogP contribution in [-0.4, -0.2) is 0 Å². The molecule has 2 heteroatoms.